The van der Waals surface area contributed by atoms with Gasteiger partial charge in [-0.2, -0.15) is 0 Å². The van der Waals surface area contributed by atoms with Crippen LogP contribution >= 0.6 is 0 Å². The Balaban J connectivity index is -0.000000615. The number of aromatic nitrogens is 2. The second-order valence-electron chi connectivity index (χ2n) is 24.2. The number of carbonyl (C=O) groups is 10. The highest BCUT2D eigenvalue weighted by Crippen LogP contribution is 2.25. The Hall–Kier alpha value is -7.94. The quantitative estimate of drug-likeness (QED) is 0.0230. The van der Waals surface area contributed by atoms with Gasteiger partial charge in [-0.3, -0.25) is 64.6 Å². The van der Waals surface area contributed by atoms with Gasteiger partial charge >= 0.3 is 11.9 Å². The van der Waals surface area contributed by atoms with Gasteiger partial charge in [0.1, 0.15) is 22.8 Å². The normalized spacial score (nSPS) is 12.4. The summed E-state index contributed by atoms with van der Waals surface area (Å²) in [6, 6.07) is 14.6. The van der Waals surface area contributed by atoms with E-state index in [-0.39, 0.29) is 88.9 Å². The number of nitrogens with zero attached hydrogens (tertiary/aromatic N) is 3. The molecule has 0 saturated heterocycles. The van der Waals surface area contributed by atoms with Crippen LogP contribution in [0.25, 0.3) is 0 Å². The topological polar surface area (TPSA) is 479 Å². The summed E-state index contributed by atoms with van der Waals surface area (Å²) in [6.45, 7) is 33.9. The number of aliphatic hydroxyl groups excluding tert-OH is 1. The van der Waals surface area contributed by atoms with Gasteiger partial charge in [-0.15, -0.1) is 5.06 Å². The van der Waals surface area contributed by atoms with Gasteiger partial charge in [-0.1, -0.05) is 142 Å². The number of hydrazine groups is 1. The highest BCUT2D eigenvalue weighted by atomic mass is 16.7. The molecular weight excluding hydrogens is 1220 g/mol. The SMILES string of the molecule is C.CC(C)CNC(=O)[C@@H](CC(C)C)ON.CC(C)CNC(=O)[C@@H](CC(C)C)ON1C(=O)c2ccccc2C1=O.CC(C)CNC(=O)[C@@H](CC(C)C)ONC(=O)c1cccc(C(=O)NO[C@H](CC(C)C)C(=O)NCC(C)C)n1.CO.NN.O.O=C(O)c1cccc(C(=O)O)n1. The first-order valence-corrected chi connectivity index (χ1v) is 30.4. The predicted octanol–water partition coefficient (Wildman–Crippen LogP) is 4.96. The van der Waals surface area contributed by atoms with E-state index >= 15 is 0 Å². The maximum Gasteiger partial charge on any atom is 0.354 e. The van der Waals surface area contributed by atoms with Gasteiger partial charge in [0.2, 0.25) is 0 Å². The van der Waals surface area contributed by atoms with Crippen LogP contribution in [-0.2, 0) is 38.5 Å². The maximum absolute atomic E-state index is 12.7. The van der Waals surface area contributed by atoms with Crippen LogP contribution in [0.3, 0.4) is 0 Å². The van der Waals surface area contributed by atoms with Crippen LogP contribution in [0.1, 0.15) is 207 Å². The highest BCUT2D eigenvalue weighted by Gasteiger charge is 2.39. The van der Waals surface area contributed by atoms with Crippen molar-refractivity contribution in [2.24, 2.45) is 64.9 Å². The zero-order chi connectivity index (χ0) is 71.0. The molecule has 1 aliphatic rings. The van der Waals surface area contributed by atoms with E-state index in [2.05, 4.69) is 58.7 Å². The molecule has 0 bridgehead atoms. The zero-order valence-electron chi connectivity index (χ0n) is 57.0. The fourth-order valence-electron chi connectivity index (χ4n) is 7.33. The first-order chi connectivity index (χ1) is 43.2. The lowest BCUT2D eigenvalue weighted by Crippen LogP contribution is -2.44. The maximum atomic E-state index is 12.7. The number of benzene rings is 1. The lowest BCUT2D eigenvalue weighted by Gasteiger charge is -2.23. The highest BCUT2D eigenvalue weighted by molar-refractivity contribution is 6.20. The zero-order valence-corrected chi connectivity index (χ0v) is 57.0. The number of nitrogens with two attached hydrogens (primary N) is 3. The number of carboxylic acids is 2. The molecule has 0 saturated carbocycles. The van der Waals surface area contributed by atoms with E-state index in [1.165, 1.54) is 36.4 Å². The van der Waals surface area contributed by atoms with E-state index in [9.17, 15) is 47.9 Å². The largest absolute Gasteiger partial charge is 0.477 e. The van der Waals surface area contributed by atoms with Crippen LogP contribution in [0.15, 0.2) is 60.7 Å². The number of carboxylic acid groups (broad SMARTS) is 2. The number of pyridine rings is 2. The third-order valence-electron chi connectivity index (χ3n) is 11.8. The van der Waals surface area contributed by atoms with Crippen LogP contribution in [0.5, 0.6) is 0 Å². The summed E-state index contributed by atoms with van der Waals surface area (Å²) in [7, 11) is 1.00. The van der Waals surface area contributed by atoms with E-state index in [0.717, 1.165) is 7.11 Å². The minimum Gasteiger partial charge on any atom is -0.477 e. The number of carbonyl (C=O) groups excluding carboxylic acids is 8. The number of amides is 8. The molecule has 0 radical (unpaired) electrons. The number of aliphatic hydroxyl groups is 1. The van der Waals surface area contributed by atoms with Crippen LogP contribution in [0.2, 0.25) is 0 Å². The summed E-state index contributed by atoms with van der Waals surface area (Å²) in [5.41, 5.74) is 4.43. The van der Waals surface area contributed by atoms with Gasteiger partial charge in [-0.25, -0.2) is 41.3 Å². The number of aromatic carboxylic acids is 2. The molecule has 3 heterocycles. The van der Waals surface area contributed by atoms with Gasteiger partial charge in [0.15, 0.2) is 24.4 Å². The van der Waals surface area contributed by atoms with E-state index in [0.29, 0.717) is 85.8 Å². The Bertz CT molecular complexity index is 2610. The van der Waals surface area contributed by atoms with Crippen molar-refractivity contribution in [2.75, 3.05) is 33.3 Å². The first-order valence-electron chi connectivity index (χ1n) is 30.4. The Labute approximate surface area is 553 Å². The van der Waals surface area contributed by atoms with Crippen molar-refractivity contribution >= 4 is 59.2 Å². The van der Waals surface area contributed by atoms with Crippen molar-refractivity contribution < 1.29 is 88.1 Å². The molecule has 1 aromatic carbocycles. The third-order valence-corrected chi connectivity index (χ3v) is 11.8. The molecule has 534 valence electrons. The first kappa shape index (κ1) is 92.5. The standard InChI is InChI=1S/C27H45N5O6.C18H24N2O4.C10H22N2O2.C7H5NO4.CH4O.CH4.H4N2.H2O/c1-16(2)12-22(26(35)28-14-18(5)6)37-31-24(33)20-10-9-11-21(30-20)25(34)32-38-23(13-17(3)4)27(36)29-15-19(7)8;1-11(2)9-15(16(21)19-10-12(3)4)24-20-17(22)13-7-5-6-8-14(13)18(20)23;1-7(2)5-9(14-11)10(13)12-6-8(3)4;9-6(10)4-2-1-3-5(8-4)7(11)12;1-2;;1-2;/h9-11,16-19,22-23H,12-15H2,1-8H3,(H,28,35)(H,29,36)(H,31,33)(H,32,34);5-8,11-12,15H,9-10H2,1-4H3,(H,19,21);7-9H,5-6,11H2,1-4H3,(H,12,13);1-3H,(H,9,10)(H,11,12);2H,1H3;1H4;1-2H2;1H2/t22-,23-;15-;9-;;;;;/m111...../s1. The van der Waals surface area contributed by atoms with Crippen LogP contribution in [0.4, 0.5) is 0 Å². The molecule has 0 aliphatic carbocycles. The van der Waals surface area contributed by atoms with E-state index < -0.39 is 60.0 Å². The van der Waals surface area contributed by atoms with Gasteiger partial charge < -0.3 is 42.1 Å². The average molecular weight is 1340 g/mol. The molecule has 0 fully saturated rings. The van der Waals surface area contributed by atoms with Crippen molar-refractivity contribution in [1.82, 2.24) is 47.3 Å². The minimum absolute atomic E-state index is 0. The Morgan fingerprint density at radius 1 is 0.436 bits per heavy atom. The van der Waals surface area contributed by atoms with Crippen LogP contribution in [-0.4, -0.2) is 153 Å². The summed E-state index contributed by atoms with van der Waals surface area (Å²) >= 11 is 0. The molecule has 1 aliphatic heterocycles. The predicted molar refractivity (Wildman–Crippen MR) is 354 cm³/mol. The number of rotatable bonds is 31. The monoisotopic (exact) mass is 1330 g/mol. The van der Waals surface area contributed by atoms with Crippen molar-refractivity contribution in [3.8, 4) is 0 Å². The molecule has 30 nitrogen and oxygen atoms in total. The molecule has 30 heteroatoms. The number of nitrogens with one attached hydrogen (secondary N) is 6. The Kier molecular flexibility index (Phi) is 49.7. The number of hydroxylamine groups is 4. The van der Waals surface area contributed by atoms with Crippen molar-refractivity contribution in [1.29, 1.82) is 0 Å². The molecule has 2 aromatic heterocycles. The fourth-order valence-corrected chi connectivity index (χ4v) is 7.33. The number of hydrogen-bond donors (Lipinski definition) is 12. The molecule has 8 amide bonds. The number of fused-ring (bicyclic) bond motifs is 1. The molecular formula is C64H110N12O18. The average Bonchev–Trinajstić information content (AvgIpc) is 1.64. The van der Waals surface area contributed by atoms with Crippen LogP contribution in [0, 0.1) is 47.3 Å². The summed E-state index contributed by atoms with van der Waals surface area (Å²) < 4.78 is 0. The second-order valence-corrected chi connectivity index (χ2v) is 24.2. The molecule has 17 N–H and O–H groups in total. The van der Waals surface area contributed by atoms with Crippen molar-refractivity contribution in [2.45, 2.75) is 168 Å². The summed E-state index contributed by atoms with van der Waals surface area (Å²) in [4.78, 5) is 148. The van der Waals surface area contributed by atoms with Gasteiger partial charge in [0, 0.05) is 33.3 Å². The molecule has 0 unspecified atom stereocenters. The number of imide groups is 1. The lowest BCUT2D eigenvalue weighted by atomic mass is 10.1. The minimum atomic E-state index is -1.24. The lowest BCUT2D eigenvalue weighted by molar-refractivity contribution is -0.162. The molecule has 0 spiro atoms. The molecule has 94 heavy (non-hydrogen) atoms. The fraction of sp³-hybridized carbons (Fsp3) is 0.594. The summed E-state index contributed by atoms with van der Waals surface area (Å²) in [5, 5.41) is 35.8. The van der Waals surface area contributed by atoms with Crippen molar-refractivity contribution in [3.63, 3.8) is 0 Å². The smallest absolute Gasteiger partial charge is 0.354 e. The van der Waals surface area contributed by atoms with Gasteiger partial charge in [-0.05, 0) is 109 Å². The second kappa shape index (κ2) is 50.5. The Morgan fingerprint density at radius 3 is 0.989 bits per heavy atom. The van der Waals surface area contributed by atoms with Gasteiger partial charge in [0.05, 0.1) is 11.1 Å². The van der Waals surface area contributed by atoms with E-state index in [4.69, 9.17) is 35.7 Å². The Morgan fingerprint density at radius 2 is 0.702 bits per heavy atom. The third kappa shape index (κ3) is 38.3. The number of hydrogen-bond acceptors (Lipinski definition) is 20. The van der Waals surface area contributed by atoms with E-state index in [1.807, 2.05) is 111 Å². The summed E-state index contributed by atoms with van der Waals surface area (Å²) in [6.07, 6.45) is -1.29. The van der Waals surface area contributed by atoms with Crippen LogP contribution < -0.4 is 49.8 Å². The van der Waals surface area contributed by atoms with E-state index in [1.54, 1.807) is 24.3 Å². The van der Waals surface area contributed by atoms with Crippen molar-refractivity contribution in [3.05, 3.63) is 94.6 Å². The molecule has 4 rings (SSSR count). The van der Waals surface area contributed by atoms with Gasteiger partial charge in [0.25, 0.3) is 47.3 Å². The molecule has 4 atom stereocenters. The summed E-state index contributed by atoms with van der Waals surface area (Å²) in [5.74, 6) is 9.20. The molecule has 3 aromatic rings.